The molecule has 0 radical (unpaired) electrons. The number of benzene rings is 2. The van der Waals surface area contributed by atoms with Gasteiger partial charge in [0.15, 0.2) is 0 Å². The van der Waals surface area contributed by atoms with Crippen molar-refractivity contribution in [1.82, 2.24) is 20.5 Å². The molecule has 1 amide bonds. The molecule has 4 aromatic rings. The number of fused-ring (bicyclic) bond motifs is 1. The predicted molar refractivity (Wildman–Crippen MR) is 116 cm³/mol. The van der Waals surface area contributed by atoms with Crippen LogP contribution in [0.1, 0.15) is 21.5 Å². The van der Waals surface area contributed by atoms with E-state index in [9.17, 15) is 9.59 Å². The third kappa shape index (κ3) is 3.97. The van der Waals surface area contributed by atoms with Gasteiger partial charge in [0.05, 0.1) is 5.69 Å². The van der Waals surface area contributed by atoms with E-state index in [1.807, 2.05) is 18.2 Å². The molecule has 0 aliphatic rings. The maximum Gasteiger partial charge on any atom is 0.264 e. The third-order valence-corrected chi connectivity index (χ3v) is 4.86. The molecule has 0 fully saturated rings. The highest BCUT2D eigenvalue weighted by molar-refractivity contribution is 6.07. The summed E-state index contributed by atoms with van der Waals surface area (Å²) in [7, 11) is 0. The molecule has 6 N–H and O–H groups in total. The highest BCUT2D eigenvalue weighted by Gasteiger charge is 2.09. The molecule has 0 saturated carbocycles. The molecule has 0 aliphatic carbocycles. The van der Waals surface area contributed by atoms with E-state index in [1.54, 1.807) is 36.5 Å². The van der Waals surface area contributed by atoms with Crippen molar-refractivity contribution in [2.45, 2.75) is 6.42 Å². The minimum atomic E-state index is -0.261. The van der Waals surface area contributed by atoms with Crippen LogP contribution in [0, 0.1) is 5.41 Å². The van der Waals surface area contributed by atoms with E-state index in [1.165, 1.54) is 6.07 Å². The SMILES string of the molecule is N=C(N)c1c[nH]c2ccc(CCNC(=O)c3ccc(-c4ccc(=O)[nH]n4)cc3)cc12. The summed E-state index contributed by atoms with van der Waals surface area (Å²) < 4.78 is 0. The van der Waals surface area contributed by atoms with Crippen molar-refractivity contribution >= 4 is 22.6 Å². The van der Waals surface area contributed by atoms with Gasteiger partial charge in [-0.25, -0.2) is 5.10 Å². The van der Waals surface area contributed by atoms with Crippen LogP contribution in [-0.2, 0) is 6.42 Å². The first kappa shape index (κ1) is 19.1. The molecule has 0 saturated heterocycles. The second-order valence-electron chi connectivity index (χ2n) is 6.89. The number of amidine groups is 1. The summed E-state index contributed by atoms with van der Waals surface area (Å²) in [5.74, 6) is -0.143. The number of aromatic nitrogens is 3. The van der Waals surface area contributed by atoms with Gasteiger partial charge in [-0.2, -0.15) is 5.10 Å². The Labute approximate surface area is 171 Å². The van der Waals surface area contributed by atoms with Gasteiger partial charge in [-0.3, -0.25) is 15.0 Å². The van der Waals surface area contributed by atoms with Crippen LogP contribution in [0.3, 0.4) is 0 Å². The Balaban J connectivity index is 1.38. The summed E-state index contributed by atoms with van der Waals surface area (Å²) in [6, 6.07) is 16.0. The Kier molecular flexibility index (Phi) is 5.13. The summed E-state index contributed by atoms with van der Waals surface area (Å²) >= 11 is 0. The number of H-pyrrole nitrogens is 2. The van der Waals surface area contributed by atoms with Crippen LogP contribution < -0.4 is 16.6 Å². The van der Waals surface area contributed by atoms with Gasteiger partial charge < -0.3 is 16.0 Å². The van der Waals surface area contributed by atoms with E-state index in [4.69, 9.17) is 11.1 Å². The number of rotatable bonds is 6. The van der Waals surface area contributed by atoms with E-state index in [0.717, 1.165) is 22.0 Å². The number of aromatic amines is 2. The van der Waals surface area contributed by atoms with Crippen LogP contribution in [0.2, 0.25) is 0 Å². The topological polar surface area (TPSA) is 141 Å². The van der Waals surface area contributed by atoms with Crippen LogP contribution >= 0.6 is 0 Å². The fourth-order valence-corrected chi connectivity index (χ4v) is 3.27. The van der Waals surface area contributed by atoms with Gasteiger partial charge in [-0.1, -0.05) is 18.2 Å². The van der Waals surface area contributed by atoms with E-state index >= 15 is 0 Å². The van der Waals surface area contributed by atoms with E-state index in [2.05, 4.69) is 20.5 Å². The molecule has 150 valence electrons. The summed E-state index contributed by atoms with van der Waals surface area (Å²) in [6.07, 6.45) is 2.38. The second kappa shape index (κ2) is 8.04. The van der Waals surface area contributed by atoms with Crippen molar-refractivity contribution in [3.8, 4) is 11.3 Å². The van der Waals surface area contributed by atoms with Crippen molar-refractivity contribution in [2.24, 2.45) is 5.73 Å². The molecule has 8 heteroatoms. The predicted octanol–water partition coefficient (Wildman–Crippen LogP) is 2.17. The lowest BCUT2D eigenvalue weighted by Crippen LogP contribution is -2.25. The maximum absolute atomic E-state index is 12.4. The zero-order valence-electron chi connectivity index (χ0n) is 16.0. The summed E-state index contributed by atoms with van der Waals surface area (Å²) in [5.41, 5.74) is 9.98. The number of carbonyl (C=O) groups excluding carboxylic acids is 1. The Morgan fingerprint density at radius 2 is 1.90 bits per heavy atom. The fourth-order valence-electron chi connectivity index (χ4n) is 3.27. The molecule has 8 nitrogen and oxygen atoms in total. The Morgan fingerprint density at radius 3 is 2.60 bits per heavy atom. The molecule has 0 aliphatic heterocycles. The number of hydrogen-bond donors (Lipinski definition) is 5. The molecular formula is C22H20N6O2. The Bertz CT molecular complexity index is 1270. The van der Waals surface area contributed by atoms with Gasteiger partial charge in [0.25, 0.3) is 11.5 Å². The van der Waals surface area contributed by atoms with Crippen molar-refractivity contribution in [3.63, 3.8) is 0 Å². The zero-order valence-corrected chi connectivity index (χ0v) is 16.0. The minimum Gasteiger partial charge on any atom is -0.384 e. The normalized spacial score (nSPS) is 10.8. The first-order chi connectivity index (χ1) is 14.5. The van der Waals surface area contributed by atoms with Crippen molar-refractivity contribution in [1.29, 1.82) is 5.41 Å². The fraction of sp³-hybridized carbons (Fsp3) is 0.0909. The lowest BCUT2D eigenvalue weighted by atomic mass is 10.1. The van der Waals surface area contributed by atoms with Gasteiger partial charge in [-0.05, 0) is 42.3 Å². The monoisotopic (exact) mass is 400 g/mol. The minimum absolute atomic E-state index is 0.0206. The van der Waals surface area contributed by atoms with Gasteiger partial charge in [0.1, 0.15) is 5.84 Å². The average molecular weight is 400 g/mol. The molecule has 2 heterocycles. The van der Waals surface area contributed by atoms with Crippen molar-refractivity contribution in [2.75, 3.05) is 6.54 Å². The van der Waals surface area contributed by atoms with Crippen LogP contribution in [0.5, 0.6) is 0 Å². The number of nitrogens with one attached hydrogen (secondary N) is 4. The summed E-state index contributed by atoms with van der Waals surface area (Å²) in [5, 5.41) is 17.8. The molecular weight excluding hydrogens is 380 g/mol. The largest absolute Gasteiger partial charge is 0.384 e. The number of nitrogen functional groups attached to an aromatic ring is 1. The van der Waals surface area contributed by atoms with Gasteiger partial charge in [-0.15, -0.1) is 0 Å². The summed E-state index contributed by atoms with van der Waals surface area (Å²) in [6.45, 7) is 0.480. The standard InChI is InChI=1S/C22H20N6O2/c23-21(24)17-12-26-19-6-1-13(11-16(17)19)9-10-25-22(30)15-4-2-14(3-5-15)18-7-8-20(29)28-27-18/h1-8,11-12,26H,9-10H2,(H3,23,24)(H,25,30)(H,28,29). The Morgan fingerprint density at radius 1 is 1.10 bits per heavy atom. The first-order valence-electron chi connectivity index (χ1n) is 9.40. The van der Waals surface area contributed by atoms with Crippen molar-refractivity contribution in [3.05, 3.63) is 87.8 Å². The molecule has 0 unspecified atom stereocenters. The molecule has 30 heavy (non-hydrogen) atoms. The Hall–Kier alpha value is -4.20. The first-order valence-corrected chi connectivity index (χ1v) is 9.40. The van der Waals surface area contributed by atoms with Crippen LogP contribution in [0.15, 0.2) is 65.6 Å². The number of amides is 1. The molecule has 2 aromatic heterocycles. The molecule has 0 bridgehead atoms. The summed E-state index contributed by atoms with van der Waals surface area (Å²) in [4.78, 5) is 26.6. The highest BCUT2D eigenvalue weighted by atomic mass is 16.1. The lowest BCUT2D eigenvalue weighted by Gasteiger charge is -2.07. The number of carbonyl (C=O) groups is 1. The average Bonchev–Trinajstić information content (AvgIpc) is 3.18. The second-order valence-corrected chi connectivity index (χ2v) is 6.89. The van der Waals surface area contributed by atoms with Crippen LogP contribution in [0.4, 0.5) is 0 Å². The smallest absolute Gasteiger partial charge is 0.264 e. The van der Waals surface area contributed by atoms with E-state index in [-0.39, 0.29) is 17.3 Å². The zero-order chi connectivity index (χ0) is 21.1. The van der Waals surface area contributed by atoms with E-state index in [0.29, 0.717) is 29.8 Å². The van der Waals surface area contributed by atoms with Crippen LogP contribution in [-0.4, -0.2) is 33.5 Å². The van der Waals surface area contributed by atoms with Gasteiger partial charge in [0.2, 0.25) is 0 Å². The number of nitrogens with two attached hydrogens (primary N) is 1. The molecule has 2 aromatic carbocycles. The van der Waals surface area contributed by atoms with Gasteiger partial charge in [0, 0.05) is 46.4 Å². The molecule has 4 rings (SSSR count). The molecule has 0 spiro atoms. The van der Waals surface area contributed by atoms with Gasteiger partial charge >= 0.3 is 0 Å². The van der Waals surface area contributed by atoms with E-state index < -0.39 is 0 Å². The number of nitrogens with zero attached hydrogens (tertiary/aromatic N) is 1. The third-order valence-electron chi connectivity index (χ3n) is 4.86. The maximum atomic E-state index is 12.4. The molecule has 0 atom stereocenters. The quantitative estimate of drug-likeness (QED) is 0.250. The van der Waals surface area contributed by atoms with Crippen LogP contribution in [0.25, 0.3) is 22.2 Å². The lowest BCUT2D eigenvalue weighted by molar-refractivity contribution is 0.0954. The van der Waals surface area contributed by atoms with Crippen molar-refractivity contribution < 1.29 is 4.79 Å². The highest BCUT2D eigenvalue weighted by Crippen LogP contribution is 2.20. The number of hydrogen-bond acceptors (Lipinski definition) is 4.